The zero-order chi connectivity index (χ0) is 14.7. The Bertz CT molecular complexity index is 492. The molecule has 0 amide bonds. The molecule has 6 nitrogen and oxygen atoms in total. The summed E-state index contributed by atoms with van der Waals surface area (Å²) in [6, 6.07) is 5.17. The van der Waals surface area contributed by atoms with E-state index in [0.717, 1.165) is 31.1 Å². The van der Waals surface area contributed by atoms with Gasteiger partial charge in [-0.25, -0.2) is 0 Å². The van der Waals surface area contributed by atoms with Gasteiger partial charge < -0.3 is 5.43 Å². The van der Waals surface area contributed by atoms with Crippen molar-refractivity contribution in [1.82, 2.24) is 4.90 Å². The fourth-order valence-corrected chi connectivity index (χ4v) is 2.70. The number of anilines is 1. The number of likely N-dealkylation sites (tertiary alicyclic amines) is 1. The molecular weight excluding hydrogens is 256 g/mol. The third-order valence-corrected chi connectivity index (χ3v) is 4.24. The lowest BCUT2D eigenvalue weighted by atomic mass is 9.88. The fraction of sp³-hybridized carbons (Fsp3) is 0.571. The summed E-state index contributed by atoms with van der Waals surface area (Å²) in [6.07, 6.45) is 1.19. The Kier molecular flexibility index (Phi) is 4.57. The first kappa shape index (κ1) is 14.7. The summed E-state index contributed by atoms with van der Waals surface area (Å²) >= 11 is 0. The van der Waals surface area contributed by atoms with Gasteiger partial charge in [-0.2, -0.15) is 0 Å². The molecule has 1 fully saturated rings. The molecule has 1 aromatic rings. The third-order valence-electron chi connectivity index (χ3n) is 4.24. The Morgan fingerprint density at radius 1 is 1.45 bits per heavy atom. The normalized spacial score (nSPS) is 23.6. The summed E-state index contributed by atoms with van der Waals surface area (Å²) in [6.45, 7) is 7.40. The molecule has 2 atom stereocenters. The van der Waals surface area contributed by atoms with E-state index in [4.69, 9.17) is 5.84 Å². The van der Waals surface area contributed by atoms with E-state index < -0.39 is 4.92 Å². The molecule has 110 valence electrons. The second kappa shape index (κ2) is 6.19. The lowest BCUT2D eigenvalue weighted by Gasteiger charge is -2.35. The van der Waals surface area contributed by atoms with E-state index >= 15 is 0 Å². The third kappa shape index (κ3) is 3.26. The van der Waals surface area contributed by atoms with Gasteiger partial charge in [-0.1, -0.05) is 19.9 Å². The van der Waals surface area contributed by atoms with Crippen molar-refractivity contribution in [3.05, 3.63) is 33.9 Å². The van der Waals surface area contributed by atoms with Crippen molar-refractivity contribution in [1.29, 1.82) is 0 Å². The number of nitrogens with zero attached hydrogens (tertiary/aromatic N) is 2. The number of piperidine rings is 1. The number of hydrogen-bond acceptors (Lipinski definition) is 5. The Labute approximate surface area is 119 Å². The van der Waals surface area contributed by atoms with Crippen molar-refractivity contribution >= 4 is 11.4 Å². The number of nitro benzene ring substituents is 1. The van der Waals surface area contributed by atoms with E-state index in [-0.39, 0.29) is 5.69 Å². The number of hydrazine groups is 1. The maximum Gasteiger partial charge on any atom is 0.293 e. The quantitative estimate of drug-likeness (QED) is 0.502. The number of rotatable bonds is 4. The SMILES string of the molecule is CC1CCN(Cc2ccc(NN)c([N+](=O)[O-])c2)CC1C. The zero-order valence-electron chi connectivity index (χ0n) is 12.0. The molecule has 0 spiro atoms. The summed E-state index contributed by atoms with van der Waals surface area (Å²) < 4.78 is 0. The molecule has 0 saturated carbocycles. The predicted molar refractivity (Wildman–Crippen MR) is 79.1 cm³/mol. The molecule has 0 radical (unpaired) electrons. The maximum absolute atomic E-state index is 11.0. The summed E-state index contributed by atoms with van der Waals surface area (Å²) in [5.74, 6) is 6.72. The monoisotopic (exact) mass is 278 g/mol. The highest BCUT2D eigenvalue weighted by atomic mass is 16.6. The number of nitrogens with one attached hydrogen (secondary N) is 1. The minimum atomic E-state index is -0.403. The first-order valence-electron chi connectivity index (χ1n) is 6.97. The Morgan fingerprint density at radius 2 is 2.20 bits per heavy atom. The zero-order valence-corrected chi connectivity index (χ0v) is 12.0. The lowest BCUT2D eigenvalue weighted by Crippen LogP contribution is -2.37. The molecule has 1 saturated heterocycles. The molecule has 1 aromatic carbocycles. The highest BCUT2D eigenvalue weighted by Crippen LogP contribution is 2.27. The molecule has 20 heavy (non-hydrogen) atoms. The Hall–Kier alpha value is -1.66. The van der Waals surface area contributed by atoms with E-state index in [2.05, 4.69) is 24.2 Å². The molecule has 2 rings (SSSR count). The fourth-order valence-electron chi connectivity index (χ4n) is 2.70. The van der Waals surface area contributed by atoms with Gasteiger partial charge in [0.2, 0.25) is 0 Å². The van der Waals surface area contributed by atoms with Gasteiger partial charge >= 0.3 is 0 Å². The minimum absolute atomic E-state index is 0.0309. The van der Waals surface area contributed by atoms with E-state index in [1.807, 2.05) is 6.07 Å². The van der Waals surface area contributed by atoms with E-state index in [1.165, 1.54) is 6.42 Å². The van der Waals surface area contributed by atoms with Crippen molar-refractivity contribution in [2.75, 3.05) is 18.5 Å². The first-order valence-corrected chi connectivity index (χ1v) is 6.97. The summed E-state index contributed by atoms with van der Waals surface area (Å²) in [5.41, 5.74) is 3.70. The van der Waals surface area contributed by atoms with Crippen LogP contribution in [-0.2, 0) is 6.54 Å². The van der Waals surface area contributed by atoms with E-state index in [9.17, 15) is 10.1 Å². The predicted octanol–water partition coefficient (Wildman–Crippen LogP) is 2.36. The van der Waals surface area contributed by atoms with E-state index in [0.29, 0.717) is 11.6 Å². The molecule has 1 aliphatic heterocycles. The van der Waals surface area contributed by atoms with E-state index in [1.54, 1.807) is 12.1 Å². The molecule has 1 aliphatic rings. The van der Waals surface area contributed by atoms with Crippen molar-refractivity contribution in [3.8, 4) is 0 Å². The molecule has 3 N–H and O–H groups in total. The largest absolute Gasteiger partial charge is 0.318 e. The van der Waals surface area contributed by atoms with Crippen molar-refractivity contribution in [2.45, 2.75) is 26.8 Å². The summed E-state index contributed by atoms with van der Waals surface area (Å²) in [7, 11) is 0. The van der Waals surface area contributed by atoms with Crippen LogP contribution in [0.1, 0.15) is 25.8 Å². The standard InChI is InChI=1S/C14H22N4O2/c1-10-5-6-17(8-11(10)2)9-12-3-4-13(16-15)14(7-12)18(19)20/h3-4,7,10-11,16H,5-6,8-9,15H2,1-2H3. The first-order chi connectivity index (χ1) is 9.51. The Morgan fingerprint density at radius 3 is 2.80 bits per heavy atom. The highest BCUT2D eigenvalue weighted by molar-refractivity contribution is 5.61. The van der Waals surface area contributed by atoms with Crippen LogP contribution in [0.25, 0.3) is 0 Å². The number of benzene rings is 1. The Balaban J connectivity index is 2.10. The molecule has 0 aromatic heterocycles. The van der Waals surface area contributed by atoms with Gasteiger partial charge in [0.05, 0.1) is 4.92 Å². The van der Waals surface area contributed by atoms with Crippen molar-refractivity contribution < 1.29 is 4.92 Å². The number of hydrogen-bond donors (Lipinski definition) is 2. The average Bonchev–Trinajstić information content (AvgIpc) is 2.43. The van der Waals surface area contributed by atoms with Gasteiger partial charge in [-0.05, 0) is 36.4 Å². The van der Waals surface area contributed by atoms with Gasteiger partial charge in [0, 0.05) is 19.2 Å². The van der Waals surface area contributed by atoms with Crippen LogP contribution in [0, 0.1) is 22.0 Å². The van der Waals surface area contributed by atoms with Gasteiger partial charge in [0.25, 0.3) is 5.69 Å². The highest BCUT2D eigenvalue weighted by Gasteiger charge is 2.23. The van der Waals surface area contributed by atoms with Crippen LogP contribution in [0.15, 0.2) is 18.2 Å². The molecule has 6 heteroatoms. The second-order valence-electron chi connectivity index (χ2n) is 5.73. The van der Waals surface area contributed by atoms with Gasteiger partial charge in [0.15, 0.2) is 0 Å². The molecule has 2 unspecified atom stereocenters. The molecule has 0 bridgehead atoms. The molecule has 0 aliphatic carbocycles. The van der Waals surface area contributed by atoms with Crippen LogP contribution >= 0.6 is 0 Å². The molecule has 1 heterocycles. The number of nitro groups is 1. The van der Waals surface area contributed by atoms with Gasteiger partial charge in [0.1, 0.15) is 5.69 Å². The second-order valence-corrected chi connectivity index (χ2v) is 5.73. The summed E-state index contributed by atoms with van der Waals surface area (Å²) in [4.78, 5) is 13.0. The minimum Gasteiger partial charge on any atom is -0.318 e. The van der Waals surface area contributed by atoms with Crippen LogP contribution in [0.4, 0.5) is 11.4 Å². The molecular formula is C14H22N4O2. The smallest absolute Gasteiger partial charge is 0.293 e. The van der Waals surface area contributed by atoms with Gasteiger partial charge in [-0.3, -0.25) is 20.9 Å². The van der Waals surface area contributed by atoms with Crippen molar-refractivity contribution in [3.63, 3.8) is 0 Å². The van der Waals surface area contributed by atoms with Crippen molar-refractivity contribution in [2.24, 2.45) is 17.7 Å². The van der Waals surface area contributed by atoms with Crippen LogP contribution in [-0.4, -0.2) is 22.9 Å². The lowest BCUT2D eigenvalue weighted by molar-refractivity contribution is -0.384. The number of nitrogens with two attached hydrogens (primary N) is 1. The number of nitrogen functional groups attached to an aromatic ring is 1. The van der Waals surface area contributed by atoms with Gasteiger partial charge in [-0.15, -0.1) is 0 Å². The maximum atomic E-state index is 11.0. The van der Waals surface area contributed by atoms with Crippen LogP contribution in [0.3, 0.4) is 0 Å². The van der Waals surface area contributed by atoms with Crippen LogP contribution < -0.4 is 11.3 Å². The van der Waals surface area contributed by atoms with Crippen LogP contribution in [0.2, 0.25) is 0 Å². The summed E-state index contributed by atoms with van der Waals surface area (Å²) in [5, 5.41) is 11.0. The topological polar surface area (TPSA) is 84.4 Å². The van der Waals surface area contributed by atoms with Crippen LogP contribution in [0.5, 0.6) is 0 Å². The average molecular weight is 278 g/mol.